The molecule has 2 rings (SSSR count). The molecule has 0 unspecified atom stereocenters. The molecule has 0 aromatic heterocycles. The Bertz CT molecular complexity index is 409. The van der Waals surface area contributed by atoms with Crippen LogP contribution in [0.4, 0.5) is 13.2 Å². The van der Waals surface area contributed by atoms with Gasteiger partial charge in [0.25, 0.3) is 0 Å². The molecule has 1 saturated carbocycles. The van der Waals surface area contributed by atoms with Gasteiger partial charge in [-0.25, -0.2) is 0 Å². The third-order valence-corrected chi connectivity index (χ3v) is 3.18. The van der Waals surface area contributed by atoms with E-state index in [1.807, 2.05) is 0 Å². The number of phenolic OH excluding ortho intramolecular Hbond substituents is 1. The second kappa shape index (κ2) is 5.08. The van der Waals surface area contributed by atoms with Gasteiger partial charge >= 0.3 is 6.18 Å². The zero-order valence-corrected chi connectivity index (χ0v) is 9.83. The predicted molar refractivity (Wildman–Crippen MR) is 60.6 cm³/mol. The lowest BCUT2D eigenvalue weighted by Gasteiger charge is -2.13. The highest BCUT2D eigenvalue weighted by Gasteiger charge is 2.31. The van der Waals surface area contributed by atoms with Gasteiger partial charge in [0.2, 0.25) is 0 Å². The quantitative estimate of drug-likeness (QED) is 0.890. The molecule has 5 heteroatoms. The van der Waals surface area contributed by atoms with E-state index >= 15 is 0 Å². The summed E-state index contributed by atoms with van der Waals surface area (Å²) in [4.78, 5) is 0. The summed E-state index contributed by atoms with van der Waals surface area (Å²) in [6, 6.07) is 2.83. The summed E-state index contributed by atoms with van der Waals surface area (Å²) in [5.74, 6) is 0.0714. The summed E-state index contributed by atoms with van der Waals surface area (Å²) in [5.41, 5.74) is -0.885. The van der Waals surface area contributed by atoms with Gasteiger partial charge in [-0.3, -0.25) is 0 Å². The van der Waals surface area contributed by atoms with Crippen molar-refractivity contribution in [1.29, 1.82) is 0 Å². The van der Waals surface area contributed by atoms with E-state index in [4.69, 9.17) is 4.74 Å². The summed E-state index contributed by atoms with van der Waals surface area (Å²) in [5, 5.41) is 9.27. The largest absolute Gasteiger partial charge is 0.508 e. The first-order chi connectivity index (χ1) is 8.45. The fourth-order valence-electron chi connectivity index (χ4n) is 2.22. The van der Waals surface area contributed by atoms with Gasteiger partial charge < -0.3 is 9.84 Å². The van der Waals surface area contributed by atoms with Crippen molar-refractivity contribution in [3.05, 3.63) is 23.8 Å². The first-order valence-corrected chi connectivity index (χ1v) is 5.99. The van der Waals surface area contributed by atoms with Crippen molar-refractivity contribution >= 4 is 0 Å². The van der Waals surface area contributed by atoms with E-state index in [0.717, 1.165) is 31.7 Å². The smallest absolute Gasteiger partial charge is 0.416 e. The summed E-state index contributed by atoms with van der Waals surface area (Å²) < 4.78 is 42.9. The molecule has 1 fully saturated rings. The maximum atomic E-state index is 12.5. The van der Waals surface area contributed by atoms with E-state index in [2.05, 4.69) is 0 Å². The average molecular weight is 260 g/mol. The van der Waals surface area contributed by atoms with E-state index in [1.54, 1.807) is 0 Å². The molecule has 0 radical (unpaired) electrons. The number of ether oxygens (including phenoxy) is 1. The minimum atomic E-state index is -4.47. The number of hydrogen-bond donors (Lipinski definition) is 1. The van der Waals surface area contributed by atoms with E-state index in [0.29, 0.717) is 18.6 Å². The van der Waals surface area contributed by atoms with Crippen LogP contribution in [0.15, 0.2) is 18.2 Å². The average Bonchev–Trinajstić information content (AvgIpc) is 2.77. The van der Waals surface area contributed by atoms with E-state index in [9.17, 15) is 18.3 Å². The zero-order chi connectivity index (χ0) is 13.2. The molecule has 0 atom stereocenters. The molecule has 0 amide bonds. The standard InChI is InChI=1S/C13H15F3O2/c14-13(15,16)10-5-11(17)7-12(6-10)18-8-9-3-1-2-4-9/h5-7,9,17H,1-4,8H2. The Morgan fingerprint density at radius 2 is 1.83 bits per heavy atom. The van der Waals surface area contributed by atoms with Crippen LogP contribution in [-0.2, 0) is 6.18 Å². The van der Waals surface area contributed by atoms with Crippen molar-refractivity contribution in [1.82, 2.24) is 0 Å². The van der Waals surface area contributed by atoms with E-state index in [1.165, 1.54) is 6.07 Å². The van der Waals surface area contributed by atoms with Crippen molar-refractivity contribution in [2.24, 2.45) is 5.92 Å². The van der Waals surface area contributed by atoms with Crippen LogP contribution < -0.4 is 4.74 Å². The minimum absolute atomic E-state index is 0.0780. The molecular weight excluding hydrogens is 245 g/mol. The van der Waals surface area contributed by atoms with Crippen molar-refractivity contribution in [2.45, 2.75) is 31.9 Å². The fraction of sp³-hybridized carbons (Fsp3) is 0.538. The molecule has 0 saturated heterocycles. The molecule has 0 heterocycles. The highest BCUT2D eigenvalue weighted by atomic mass is 19.4. The Labute approximate surface area is 103 Å². The third-order valence-electron chi connectivity index (χ3n) is 3.18. The molecule has 1 aliphatic carbocycles. The molecule has 100 valence electrons. The highest BCUT2D eigenvalue weighted by molar-refractivity contribution is 5.38. The summed E-state index contributed by atoms with van der Waals surface area (Å²) in [6.07, 6.45) is -0.0379. The molecule has 1 N–H and O–H groups in total. The van der Waals surface area contributed by atoms with Gasteiger partial charge in [-0.2, -0.15) is 13.2 Å². The van der Waals surface area contributed by atoms with Gasteiger partial charge in [0.1, 0.15) is 11.5 Å². The van der Waals surface area contributed by atoms with Crippen LogP contribution in [0.2, 0.25) is 0 Å². The van der Waals surface area contributed by atoms with Gasteiger partial charge in [0, 0.05) is 6.07 Å². The van der Waals surface area contributed by atoms with Crippen molar-refractivity contribution in [2.75, 3.05) is 6.61 Å². The number of phenols is 1. The molecule has 0 bridgehead atoms. The number of aromatic hydroxyl groups is 1. The third kappa shape index (κ3) is 3.31. The minimum Gasteiger partial charge on any atom is -0.508 e. The molecule has 2 nitrogen and oxygen atoms in total. The zero-order valence-electron chi connectivity index (χ0n) is 9.83. The van der Waals surface area contributed by atoms with Crippen LogP contribution in [0, 0.1) is 5.92 Å². The number of rotatable bonds is 3. The molecular formula is C13H15F3O2. The lowest BCUT2D eigenvalue weighted by atomic mass is 10.1. The van der Waals surface area contributed by atoms with E-state index in [-0.39, 0.29) is 5.75 Å². The molecule has 18 heavy (non-hydrogen) atoms. The second-order valence-electron chi connectivity index (χ2n) is 4.67. The Hall–Kier alpha value is -1.39. The van der Waals surface area contributed by atoms with Gasteiger partial charge in [-0.1, -0.05) is 12.8 Å². The lowest BCUT2D eigenvalue weighted by molar-refractivity contribution is -0.137. The van der Waals surface area contributed by atoms with Gasteiger partial charge in [-0.05, 0) is 30.9 Å². The van der Waals surface area contributed by atoms with Crippen LogP contribution in [0.5, 0.6) is 11.5 Å². The lowest BCUT2D eigenvalue weighted by Crippen LogP contribution is -2.09. The Kier molecular flexibility index (Phi) is 3.68. The summed E-state index contributed by atoms with van der Waals surface area (Å²) in [7, 11) is 0. The summed E-state index contributed by atoms with van der Waals surface area (Å²) >= 11 is 0. The van der Waals surface area contributed by atoms with Gasteiger partial charge in [0.15, 0.2) is 0 Å². The molecule has 1 aromatic rings. The SMILES string of the molecule is Oc1cc(OCC2CCCC2)cc(C(F)(F)F)c1. The Morgan fingerprint density at radius 1 is 1.17 bits per heavy atom. The van der Waals surface area contributed by atoms with E-state index < -0.39 is 17.5 Å². The first kappa shape index (κ1) is 13.1. The van der Waals surface area contributed by atoms with Crippen molar-refractivity contribution in [3.8, 4) is 11.5 Å². The van der Waals surface area contributed by atoms with Crippen LogP contribution in [-0.4, -0.2) is 11.7 Å². The maximum absolute atomic E-state index is 12.5. The number of halogens is 3. The van der Waals surface area contributed by atoms with Gasteiger partial charge in [0.05, 0.1) is 12.2 Å². The molecule has 0 spiro atoms. The topological polar surface area (TPSA) is 29.5 Å². The monoisotopic (exact) mass is 260 g/mol. The number of benzene rings is 1. The van der Waals surface area contributed by atoms with Crippen LogP contribution in [0.25, 0.3) is 0 Å². The molecule has 0 aliphatic heterocycles. The predicted octanol–water partition coefficient (Wildman–Crippen LogP) is 3.98. The first-order valence-electron chi connectivity index (χ1n) is 5.99. The maximum Gasteiger partial charge on any atom is 0.416 e. The second-order valence-corrected chi connectivity index (χ2v) is 4.67. The van der Waals surface area contributed by atoms with Crippen LogP contribution >= 0.6 is 0 Å². The highest BCUT2D eigenvalue weighted by Crippen LogP contribution is 2.35. The Balaban J connectivity index is 2.05. The van der Waals surface area contributed by atoms with Crippen LogP contribution in [0.1, 0.15) is 31.2 Å². The Morgan fingerprint density at radius 3 is 2.44 bits per heavy atom. The number of hydrogen-bond acceptors (Lipinski definition) is 2. The number of alkyl halides is 3. The van der Waals surface area contributed by atoms with Gasteiger partial charge in [-0.15, -0.1) is 0 Å². The van der Waals surface area contributed by atoms with Crippen molar-refractivity contribution < 1.29 is 23.0 Å². The van der Waals surface area contributed by atoms with Crippen molar-refractivity contribution in [3.63, 3.8) is 0 Å². The fourth-order valence-corrected chi connectivity index (χ4v) is 2.22. The normalized spacial score (nSPS) is 17.1. The summed E-state index contributed by atoms with van der Waals surface area (Å²) in [6.45, 7) is 0.417. The molecule has 1 aliphatic rings. The van der Waals surface area contributed by atoms with Crippen LogP contribution in [0.3, 0.4) is 0 Å². The molecule has 1 aromatic carbocycles.